The molecule has 0 fully saturated rings. The van der Waals surface area contributed by atoms with Crippen LogP contribution in [0.5, 0.6) is 0 Å². The molecule has 2 atom stereocenters. The monoisotopic (exact) mass is 350 g/mol. The quantitative estimate of drug-likeness (QED) is 0.462. The number of carbonyl (C=O) groups excluding carboxylic acids is 2. The third kappa shape index (κ3) is 8.20. The lowest BCUT2D eigenvalue weighted by atomic mass is 9.73. The highest BCUT2D eigenvalue weighted by Gasteiger charge is 2.34. The van der Waals surface area contributed by atoms with E-state index < -0.39 is 5.41 Å². The molecule has 0 aromatic carbocycles. The molecule has 1 heterocycles. The highest BCUT2D eigenvalue weighted by atomic mass is 16.5. The molecule has 0 saturated heterocycles. The predicted octanol–water partition coefficient (Wildman–Crippen LogP) is 5.87. The van der Waals surface area contributed by atoms with E-state index in [1.807, 2.05) is 13.8 Å². The molecule has 0 bridgehead atoms. The van der Waals surface area contributed by atoms with Gasteiger partial charge in [0, 0.05) is 17.8 Å². The van der Waals surface area contributed by atoms with Gasteiger partial charge in [-0.1, -0.05) is 52.2 Å². The Morgan fingerprint density at radius 1 is 1.24 bits per heavy atom. The first kappa shape index (κ1) is 21.9. The number of esters is 1. The van der Waals surface area contributed by atoms with Crippen molar-refractivity contribution < 1.29 is 14.3 Å². The fourth-order valence-corrected chi connectivity index (χ4v) is 3.78. The van der Waals surface area contributed by atoms with E-state index in [2.05, 4.69) is 26.8 Å². The maximum atomic E-state index is 13.1. The lowest BCUT2D eigenvalue weighted by Crippen LogP contribution is -2.32. The van der Waals surface area contributed by atoms with Crippen molar-refractivity contribution in [3.05, 3.63) is 11.6 Å². The van der Waals surface area contributed by atoms with Gasteiger partial charge in [0.2, 0.25) is 0 Å². The van der Waals surface area contributed by atoms with Gasteiger partial charge in [-0.05, 0) is 51.4 Å². The molecule has 0 saturated carbocycles. The van der Waals surface area contributed by atoms with Crippen LogP contribution in [-0.2, 0) is 14.3 Å². The van der Waals surface area contributed by atoms with E-state index in [-0.39, 0.29) is 11.9 Å². The van der Waals surface area contributed by atoms with E-state index in [9.17, 15) is 9.59 Å². The van der Waals surface area contributed by atoms with E-state index in [0.29, 0.717) is 31.1 Å². The van der Waals surface area contributed by atoms with Gasteiger partial charge in [0.05, 0.1) is 6.61 Å². The van der Waals surface area contributed by atoms with Crippen LogP contribution in [0.2, 0.25) is 0 Å². The van der Waals surface area contributed by atoms with Crippen LogP contribution < -0.4 is 0 Å². The summed E-state index contributed by atoms with van der Waals surface area (Å²) in [6.07, 6.45) is 10.3. The van der Waals surface area contributed by atoms with E-state index in [4.69, 9.17) is 4.74 Å². The van der Waals surface area contributed by atoms with Crippen LogP contribution in [0.3, 0.4) is 0 Å². The Kier molecular flexibility index (Phi) is 9.45. The maximum Gasteiger partial charge on any atom is 0.305 e. The van der Waals surface area contributed by atoms with Crippen LogP contribution in [0.15, 0.2) is 11.6 Å². The van der Waals surface area contributed by atoms with Gasteiger partial charge in [0.1, 0.15) is 5.78 Å². The zero-order valence-electron chi connectivity index (χ0n) is 17.0. The number of Topliss-reactive ketones (excluding diaryl/α,β-unsaturated/α-hetero) is 1. The summed E-state index contributed by atoms with van der Waals surface area (Å²) in [5.41, 5.74) is 0.921. The van der Waals surface area contributed by atoms with Crippen LogP contribution in [0.1, 0.15) is 92.4 Å². The number of rotatable bonds is 2. The molecule has 1 aliphatic rings. The summed E-state index contributed by atoms with van der Waals surface area (Å²) in [4.78, 5) is 25.0. The zero-order valence-corrected chi connectivity index (χ0v) is 17.0. The van der Waals surface area contributed by atoms with Crippen molar-refractivity contribution in [1.82, 2.24) is 0 Å². The Balaban J connectivity index is 2.86. The van der Waals surface area contributed by atoms with Crippen LogP contribution in [0.4, 0.5) is 0 Å². The Hall–Kier alpha value is -1.12. The van der Waals surface area contributed by atoms with Crippen molar-refractivity contribution in [3.8, 4) is 0 Å². The molecular weight excluding hydrogens is 312 g/mol. The molecule has 0 radical (unpaired) electrons. The summed E-state index contributed by atoms with van der Waals surface area (Å²) in [5, 5.41) is 0. The lowest BCUT2D eigenvalue weighted by Gasteiger charge is -2.29. The Bertz CT molecular complexity index is 462. The van der Waals surface area contributed by atoms with E-state index in [0.717, 1.165) is 32.1 Å². The summed E-state index contributed by atoms with van der Waals surface area (Å²) < 4.78 is 5.32. The van der Waals surface area contributed by atoms with E-state index in [1.54, 1.807) is 0 Å². The minimum absolute atomic E-state index is 0.121. The molecule has 1 rings (SSSR count). The molecule has 0 aliphatic carbocycles. The average Bonchev–Trinajstić information content (AvgIpc) is 2.55. The highest BCUT2D eigenvalue weighted by Crippen LogP contribution is 2.33. The molecule has 1 aliphatic heterocycles. The van der Waals surface area contributed by atoms with Crippen LogP contribution in [0.25, 0.3) is 0 Å². The molecule has 144 valence electrons. The van der Waals surface area contributed by atoms with Gasteiger partial charge < -0.3 is 4.74 Å². The summed E-state index contributed by atoms with van der Waals surface area (Å²) in [6, 6.07) is 0. The maximum absolute atomic E-state index is 13.1. The van der Waals surface area contributed by atoms with Gasteiger partial charge in [-0.15, -0.1) is 0 Å². The third-order valence-electron chi connectivity index (χ3n) is 5.46. The van der Waals surface area contributed by atoms with Crippen molar-refractivity contribution in [1.29, 1.82) is 0 Å². The number of hydrogen-bond acceptors (Lipinski definition) is 3. The molecule has 3 nitrogen and oxygen atoms in total. The standard InChI is InChI=1S/C22H38O3/c1-6-9-19-16-18(3)11-7-10-17(2)12-8-15-25-20(23)13-14-22(4,5)21(19)24/h12,18-19H,6-11,13-16H2,1-5H3. The van der Waals surface area contributed by atoms with Gasteiger partial charge in [-0.2, -0.15) is 0 Å². The van der Waals surface area contributed by atoms with E-state index >= 15 is 0 Å². The average molecular weight is 351 g/mol. The normalized spacial score (nSPS) is 27.5. The summed E-state index contributed by atoms with van der Waals surface area (Å²) >= 11 is 0. The number of cyclic esters (lactones) is 1. The topological polar surface area (TPSA) is 43.4 Å². The minimum atomic E-state index is -0.452. The second kappa shape index (κ2) is 10.8. The first-order chi connectivity index (χ1) is 11.8. The number of carbonyl (C=O) groups is 2. The van der Waals surface area contributed by atoms with Gasteiger partial charge in [0.25, 0.3) is 0 Å². The summed E-state index contributed by atoms with van der Waals surface area (Å²) in [5.74, 6) is 0.842. The zero-order chi connectivity index (χ0) is 18.9. The van der Waals surface area contributed by atoms with Crippen molar-refractivity contribution in [2.75, 3.05) is 6.61 Å². The molecule has 0 N–H and O–H groups in total. The molecule has 3 heteroatoms. The van der Waals surface area contributed by atoms with Crippen LogP contribution in [0, 0.1) is 17.3 Å². The third-order valence-corrected chi connectivity index (χ3v) is 5.46. The SMILES string of the molecule is CCCC1CC(C)CCCC(C)=CCCOC(=O)CCC(C)(C)C1=O. The molecule has 0 aromatic rings. The van der Waals surface area contributed by atoms with Crippen LogP contribution in [-0.4, -0.2) is 18.4 Å². The van der Waals surface area contributed by atoms with Crippen LogP contribution >= 0.6 is 0 Å². The first-order valence-corrected chi connectivity index (χ1v) is 10.1. The fraction of sp³-hybridized carbons (Fsp3) is 0.818. The number of hydrogen-bond donors (Lipinski definition) is 0. The van der Waals surface area contributed by atoms with Gasteiger partial charge >= 0.3 is 5.97 Å². The fourth-order valence-electron chi connectivity index (χ4n) is 3.78. The molecule has 25 heavy (non-hydrogen) atoms. The van der Waals surface area contributed by atoms with Crippen molar-refractivity contribution in [2.24, 2.45) is 17.3 Å². The molecule has 0 amide bonds. The molecule has 0 aromatic heterocycles. The lowest BCUT2D eigenvalue weighted by molar-refractivity contribution is -0.144. The molecular formula is C22H38O3. The predicted molar refractivity (Wildman–Crippen MR) is 103 cm³/mol. The summed E-state index contributed by atoms with van der Waals surface area (Å²) in [6.45, 7) is 11.0. The van der Waals surface area contributed by atoms with Gasteiger partial charge in [-0.25, -0.2) is 0 Å². The second-order valence-corrected chi connectivity index (χ2v) is 8.53. The first-order valence-electron chi connectivity index (χ1n) is 10.1. The molecule has 0 spiro atoms. The Labute approximate surface area is 154 Å². The number of allylic oxidation sites excluding steroid dienone is 1. The Morgan fingerprint density at radius 2 is 1.96 bits per heavy atom. The van der Waals surface area contributed by atoms with Crippen molar-refractivity contribution in [2.45, 2.75) is 92.4 Å². The largest absolute Gasteiger partial charge is 0.465 e. The minimum Gasteiger partial charge on any atom is -0.465 e. The Morgan fingerprint density at radius 3 is 2.64 bits per heavy atom. The van der Waals surface area contributed by atoms with Gasteiger partial charge in [-0.3, -0.25) is 9.59 Å². The summed E-state index contributed by atoms with van der Waals surface area (Å²) in [7, 11) is 0. The second-order valence-electron chi connectivity index (χ2n) is 8.53. The van der Waals surface area contributed by atoms with Gasteiger partial charge in [0.15, 0.2) is 0 Å². The van der Waals surface area contributed by atoms with E-state index in [1.165, 1.54) is 18.4 Å². The molecule has 2 unspecified atom stereocenters. The van der Waals surface area contributed by atoms with Crippen molar-refractivity contribution >= 4 is 11.8 Å². The smallest absolute Gasteiger partial charge is 0.305 e. The highest BCUT2D eigenvalue weighted by molar-refractivity contribution is 5.86. The van der Waals surface area contributed by atoms with Crippen molar-refractivity contribution in [3.63, 3.8) is 0 Å². The number of ether oxygens (including phenoxy) is 1. The number of ketones is 1.